The maximum Gasteiger partial charge on any atom is 0.323 e. The van der Waals surface area contributed by atoms with Gasteiger partial charge in [-0.2, -0.15) is 0 Å². The molecule has 0 bridgehead atoms. The number of para-hydroxylation sites is 2. The Morgan fingerprint density at radius 1 is 0.524 bits per heavy atom. The maximum atomic E-state index is 16.1. The zero-order valence-electron chi connectivity index (χ0n) is 81.7. The van der Waals surface area contributed by atoms with E-state index in [0.29, 0.717) is 95.6 Å². The first kappa shape index (κ1) is 111. The predicted molar refractivity (Wildman–Crippen MR) is 526 cm³/mol. The Hall–Kier alpha value is -13.6. The molecule has 3 aromatic carbocycles. The summed E-state index contributed by atoms with van der Waals surface area (Å²) in [5, 5.41) is 71.0. The minimum absolute atomic E-state index is 0.00130. The largest absolute Gasteiger partial charge is 0.508 e. The Labute approximate surface area is 832 Å². The Morgan fingerprint density at radius 2 is 1.07 bits per heavy atom. The van der Waals surface area contributed by atoms with E-state index in [9.17, 15) is 49.2 Å². The molecule has 778 valence electrons. The fraction of sp³-hybridized carbons (Fsp3) is 0.561. The van der Waals surface area contributed by atoms with Crippen molar-refractivity contribution in [3.63, 3.8) is 0 Å². The smallest absolute Gasteiger partial charge is 0.323 e. The summed E-state index contributed by atoms with van der Waals surface area (Å²) in [6.07, 6.45) is 4.86. The number of imidazole rings is 1. The second kappa shape index (κ2) is 54.1. The molecule has 4 saturated heterocycles. The van der Waals surface area contributed by atoms with Gasteiger partial charge in [-0.3, -0.25) is 86.3 Å². The summed E-state index contributed by atoms with van der Waals surface area (Å²) in [5.74, 6) is -18.7. The second-order valence-electron chi connectivity index (χ2n) is 37.6. The fourth-order valence-corrected chi connectivity index (χ4v) is 19.6. The van der Waals surface area contributed by atoms with Crippen LogP contribution in [0, 0.1) is 5.92 Å². The molecule has 44 nitrogen and oxygen atoms in total. The summed E-state index contributed by atoms with van der Waals surface area (Å²) in [6, 6.07) is -2.03. The number of carboxylic acids is 2. The number of phenolic OH excluding ortho intramolecular Hbond substituents is 1. The number of thioether (sulfide) groups is 1. The van der Waals surface area contributed by atoms with E-state index >= 15 is 57.5 Å². The second-order valence-corrected chi connectivity index (χ2v) is 38.6. The quantitative estimate of drug-likeness (QED) is 0.0250. The number of amides is 16. The number of unbranched alkanes of at least 4 members (excludes halogenated alkanes) is 4. The zero-order chi connectivity index (χ0) is 104. The summed E-state index contributed by atoms with van der Waals surface area (Å²) in [4.78, 5) is 283. The minimum Gasteiger partial charge on any atom is -0.508 e. The number of likely N-dealkylation sites (N-methyl/N-ethyl adjacent to an activating group) is 2. The number of nitrogens with one attached hydrogen (secondary N) is 12. The number of hydrogen-bond acceptors (Lipinski definition) is 24. The van der Waals surface area contributed by atoms with Gasteiger partial charge in [0.15, 0.2) is 0 Å². The van der Waals surface area contributed by atoms with E-state index in [1.54, 1.807) is 68.6 Å². The van der Waals surface area contributed by atoms with Gasteiger partial charge in [-0.1, -0.05) is 102 Å². The zero-order valence-corrected chi connectivity index (χ0v) is 82.5. The highest BCUT2D eigenvalue weighted by Crippen LogP contribution is 2.30. The van der Waals surface area contributed by atoms with Gasteiger partial charge in [0.1, 0.15) is 96.9 Å². The van der Waals surface area contributed by atoms with Crippen LogP contribution in [0.1, 0.15) is 178 Å². The number of aromatic nitrogens is 4. The number of H-pyrrole nitrogens is 2. The predicted octanol–water partition coefficient (Wildman–Crippen LogP) is -0.235. The summed E-state index contributed by atoms with van der Waals surface area (Å²) >= 11 is 0.798. The number of rotatable bonds is 31. The number of nitrogens with zero attached hydrogens (tertiary/aromatic N) is 7. The normalized spacial score (nSPS) is 24.5. The molecule has 10 rings (SSSR count). The molecule has 0 radical (unpaired) electrons. The Balaban J connectivity index is 1.05. The molecule has 4 aliphatic heterocycles. The van der Waals surface area contributed by atoms with Crippen molar-refractivity contribution in [3.05, 3.63) is 120 Å². The average Bonchev–Trinajstić information content (AvgIpc) is 1.63. The SMILES string of the molecule is CCCC[C@H]1C(=O)N(C)[C@@H](CCCC)C(=O)N[C@@H](CC(C)C)C(=O)N[C@H](C(=O)NCC(N)=O)CSCC(=O)N[C@@H](Cc2ccc(O)cc2)C(=O)N2CCCC[C@H]2C(=O)N[C@@H](CC(=O)O)C(=O)N2CCC[C@H]2C(=O)N[C@@H](Cc2cnc[nH]2)C(=O)N[C@@H](CCCCN)C(=O)N2C[C@H](O)C[C@H]2C(=O)N[C@@H](Cc2c[nH]c3ccccc23)C(=O)N[C@H](CCCCN)C(=O)N[C@@H](Cc2cn(CC(=O)O)c3ccccc23)C(=O)N1C. The van der Waals surface area contributed by atoms with E-state index in [1.165, 1.54) is 71.4 Å². The topological polar surface area (TPSA) is 652 Å². The van der Waals surface area contributed by atoms with Gasteiger partial charge in [0.05, 0.1) is 31.1 Å². The van der Waals surface area contributed by atoms with Crippen molar-refractivity contribution in [1.29, 1.82) is 0 Å². The lowest BCUT2D eigenvalue weighted by molar-refractivity contribution is -0.149. The number of phenols is 1. The van der Waals surface area contributed by atoms with Gasteiger partial charge in [-0.15, -0.1) is 11.8 Å². The van der Waals surface area contributed by atoms with Crippen LogP contribution in [-0.2, 0) is 119 Å². The molecule has 0 saturated carbocycles. The third-order valence-electron chi connectivity index (χ3n) is 26.3. The highest BCUT2D eigenvalue weighted by atomic mass is 32.2. The Morgan fingerprint density at radius 3 is 1.71 bits per heavy atom. The number of hydrogen-bond donors (Lipinski definition) is 19. The molecule has 143 heavy (non-hydrogen) atoms. The number of primary amides is 1. The lowest BCUT2D eigenvalue weighted by atomic mass is 9.97. The number of fused-ring (bicyclic) bond motifs is 5. The molecule has 15 atom stereocenters. The van der Waals surface area contributed by atoms with Crippen molar-refractivity contribution in [2.75, 3.05) is 64.9 Å². The molecule has 4 fully saturated rings. The molecule has 6 aromatic rings. The molecule has 7 heterocycles. The highest BCUT2D eigenvalue weighted by Gasteiger charge is 2.48. The van der Waals surface area contributed by atoms with Crippen molar-refractivity contribution >= 4 is 140 Å². The van der Waals surface area contributed by atoms with Gasteiger partial charge in [0, 0.05) is 118 Å². The van der Waals surface area contributed by atoms with Crippen LogP contribution >= 0.6 is 11.8 Å². The Kier molecular flexibility index (Phi) is 42.1. The number of carbonyl (C=O) groups is 18. The molecule has 4 aliphatic rings. The van der Waals surface area contributed by atoms with E-state index in [-0.39, 0.29) is 128 Å². The van der Waals surface area contributed by atoms with Crippen LogP contribution in [0.4, 0.5) is 0 Å². The first-order valence-electron chi connectivity index (χ1n) is 49.1. The van der Waals surface area contributed by atoms with E-state index < -0.39 is 241 Å². The molecule has 3 aromatic heterocycles. The van der Waals surface area contributed by atoms with Crippen molar-refractivity contribution in [2.45, 2.75) is 279 Å². The number of benzene rings is 3. The average molecular weight is 2010 g/mol. The van der Waals surface area contributed by atoms with Crippen LogP contribution in [0.2, 0.25) is 0 Å². The highest BCUT2D eigenvalue weighted by molar-refractivity contribution is 8.00. The summed E-state index contributed by atoms with van der Waals surface area (Å²) < 4.78 is 1.45. The monoisotopic (exact) mass is 2010 g/mol. The van der Waals surface area contributed by atoms with Gasteiger partial charge in [0.25, 0.3) is 0 Å². The lowest BCUT2D eigenvalue weighted by Crippen LogP contribution is -2.61. The van der Waals surface area contributed by atoms with E-state index in [4.69, 9.17) is 17.2 Å². The van der Waals surface area contributed by atoms with Crippen LogP contribution in [0.25, 0.3) is 21.8 Å². The molecule has 45 heteroatoms. The number of piperidine rings is 1. The first-order chi connectivity index (χ1) is 68.4. The van der Waals surface area contributed by atoms with Crippen molar-refractivity contribution in [2.24, 2.45) is 23.1 Å². The first-order valence-corrected chi connectivity index (χ1v) is 50.3. The maximum absolute atomic E-state index is 16.1. The van der Waals surface area contributed by atoms with Gasteiger partial charge in [-0.25, -0.2) is 4.98 Å². The summed E-state index contributed by atoms with van der Waals surface area (Å²) in [7, 11) is 2.72. The van der Waals surface area contributed by atoms with E-state index in [0.717, 1.165) is 26.5 Å². The van der Waals surface area contributed by atoms with Crippen LogP contribution in [0.5, 0.6) is 5.75 Å². The number of nitrogens with two attached hydrogens (primary N) is 3. The van der Waals surface area contributed by atoms with Crippen molar-refractivity contribution < 1.29 is 107 Å². The Bertz CT molecular complexity index is 5460. The molecule has 0 unspecified atom stereocenters. The van der Waals surface area contributed by atoms with Crippen molar-refractivity contribution in [3.8, 4) is 5.75 Å². The number of aliphatic carboxylic acids is 2. The number of aliphatic hydroxyl groups excluding tert-OH is 1. The van der Waals surface area contributed by atoms with Crippen LogP contribution in [0.15, 0.2) is 97.7 Å². The molecular weight excluding hydrogens is 1870 g/mol. The molecule has 22 N–H and O–H groups in total. The third kappa shape index (κ3) is 31.2. The van der Waals surface area contributed by atoms with Gasteiger partial charge in [0.2, 0.25) is 94.5 Å². The van der Waals surface area contributed by atoms with E-state index in [2.05, 4.69) is 68.1 Å². The van der Waals surface area contributed by atoms with Gasteiger partial charge in [-0.05, 0) is 150 Å². The fourth-order valence-electron chi connectivity index (χ4n) is 18.8. The number of aliphatic hydroxyl groups is 1. The van der Waals surface area contributed by atoms with Crippen LogP contribution in [0.3, 0.4) is 0 Å². The van der Waals surface area contributed by atoms with E-state index in [1.807, 2.05) is 13.8 Å². The van der Waals surface area contributed by atoms with Gasteiger partial charge >= 0.3 is 11.9 Å². The number of aromatic amines is 2. The molecular formula is C98H138N22O22S. The number of carboxylic acid groups (broad SMARTS) is 2. The van der Waals surface area contributed by atoms with Crippen LogP contribution in [-0.4, -0.2) is 326 Å². The molecule has 16 amide bonds. The van der Waals surface area contributed by atoms with Crippen molar-refractivity contribution in [1.82, 2.24) is 97.2 Å². The summed E-state index contributed by atoms with van der Waals surface area (Å²) in [6.45, 7) is 5.52. The molecule has 0 aliphatic carbocycles. The lowest BCUT2D eigenvalue weighted by Gasteiger charge is -2.38. The summed E-state index contributed by atoms with van der Waals surface area (Å²) in [5.41, 5.74) is 20.2. The van der Waals surface area contributed by atoms with Gasteiger partial charge < -0.3 is 130 Å². The third-order valence-corrected chi connectivity index (χ3v) is 27.3. The molecule has 0 spiro atoms. The number of carbonyl (C=O) groups excluding carboxylic acids is 16. The van der Waals surface area contributed by atoms with Crippen LogP contribution < -0.4 is 70.4 Å². The number of aromatic hydroxyl groups is 1. The standard InChI is InChI=1S/C98H138N22O22S/c1-7-9-27-76-90(134)109-68(40-56(3)4)87(131)114-74(85(129)104-49-81(101)123)53-143-54-82(124)106-71(41-57-32-34-61(121)35-33-57)96(140)118-38-20-17-30-77(118)92(136)113-73(46-83(125)126)97(141)119-39-21-31-78(119)91(135)111-70(44-60-48-102-55-105-60)89(133)108-67(26-16-19-37-100)95(139)120-51-62(122)45-80(120)93(137)110-69(42-58-47-103-65-24-13-11-22-63(58)65)88(132)107-66(25-15-18-36-99)86(130)112-72(94(138)116(6)79(28-10-8-2)98(142)115(76)5)43-59-50-117(52-84(127)128)75-29-14-12-23-64(59)75/h11-14,22-24,29,32-35,47-48,50,55-56,62,66-74,76-80,103,121-122H,7-10,15-21,25-28,30-31,36-46,49,51-54,99-100H2,1-6H3,(H2,101,123)(H,102,105)(H,104,129)(H,106,124)(H,107,132)(H,108,133)(H,109,134)(H,110,137)(H,111,135)(H,112,130)(H,113,136)(H,114,131)(H,125,126)(H,127,128)/t62-,66-,67+,68+,69+,70+,71+,72+,73+,74+,76+,77+,78+,79+,80+/m1/s1. The minimum atomic E-state index is -1.88.